The van der Waals surface area contributed by atoms with Crippen molar-refractivity contribution in [2.45, 2.75) is 18.0 Å². The number of carbonyl (C=O) groups excluding carboxylic acids is 2. The number of rotatable bonds is 4. The van der Waals surface area contributed by atoms with Crippen LogP contribution in [0, 0.1) is 0 Å². The van der Waals surface area contributed by atoms with E-state index in [0.717, 1.165) is 10.0 Å². The number of aliphatic hydroxyl groups is 1. The molecule has 2 aliphatic rings. The van der Waals surface area contributed by atoms with Crippen LogP contribution < -0.4 is 10.1 Å². The maximum absolute atomic E-state index is 12.7. The minimum absolute atomic E-state index is 0.00203. The molecular weight excluding hydrogens is 438 g/mol. The standard InChI is InChI=1S/C21H22BrN3O4/c1-29-16-8-6-15(7-9-16)23-21(28)24-10-17-20(13-2-4-14(22)5-3-13)18(12-26)25(17)19(27)11-24/h2-9,17-18,20,26H,10-12H2,1H3,(H,23,28)/t17-,18+,20+/m0/s1. The van der Waals surface area contributed by atoms with Crippen LogP contribution in [0.1, 0.15) is 11.5 Å². The molecule has 3 amide bonds. The highest BCUT2D eigenvalue weighted by molar-refractivity contribution is 9.10. The van der Waals surface area contributed by atoms with Crippen molar-refractivity contribution in [3.05, 3.63) is 58.6 Å². The summed E-state index contributed by atoms with van der Waals surface area (Å²) in [5, 5.41) is 12.7. The summed E-state index contributed by atoms with van der Waals surface area (Å²) in [7, 11) is 1.58. The fourth-order valence-corrected chi connectivity index (χ4v) is 4.48. The highest BCUT2D eigenvalue weighted by Crippen LogP contribution is 2.43. The monoisotopic (exact) mass is 459 g/mol. The van der Waals surface area contributed by atoms with Crippen LogP contribution in [0.25, 0.3) is 0 Å². The van der Waals surface area contributed by atoms with E-state index in [2.05, 4.69) is 21.2 Å². The van der Waals surface area contributed by atoms with Gasteiger partial charge in [0.1, 0.15) is 12.3 Å². The van der Waals surface area contributed by atoms with Crippen LogP contribution in [0.2, 0.25) is 0 Å². The number of anilines is 1. The second-order valence-electron chi connectivity index (χ2n) is 7.23. The Kier molecular flexibility index (Phi) is 5.47. The number of aliphatic hydroxyl groups excluding tert-OH is 1. The van der Waals surface area contributed by atoms with Gasteiger partial charge in [0.05, 0.1) is 25.8 Å². The fourth-order valence-electron chi connectivity index (χ4n) is 4.22. The topological polar surface area (TPSA) is 82.1 Å². The van der Waals surface area contributed by atoms with Gasteiger partial charge in [-0.2, -0.15) is 0 Å². The molecule has 0 saturated carbocycles. The van der Waals surface area contributed by atoms with Crippen LogP contribution in [0.15, 0.2) is 53.0 Å². The van der Waals surface area contributed by atoms with Crippen LogP contribution in [-0.4, -0.2) is 65.7 Å². The molecule has 0 bridgehead atoms. The zero-order valence-corrected chi connectivity index (χ0v) is 17.5. The molecule has 0 radical (unpaired) electrons. The SMILES string of the molecule is COc1ccc(NC(=O)N2CC(=O)N3[C@H](CO)[C@H](c4ccc(Br)cc4)[C@@H]3C2)cc1. The Morgan fingerprint density at radius 2 is 1.90 bits per heavy atom. The van der Waals surface area contributed by atoms with Crippen molar-refractivity contribution >= 4 is 33.6 Å². The predicted octanol–water partition coefficient (Wildman–Crippen LogP) is 2.66. The highest BCUT2D eigenvalue weighted by atomic mass is 79.9. The lowest BCUT2D eigenvalue weighted by Gasteiger charge is -2.58. The summed E-state index contributed by atoms with van der Waals surface area (Å²) < 4.78 is 6.09. The summed E-state index contributed by atoms with van der Waals surface area (Å²) >= 11 is 3.43. The molecule has 29 heavy (non-hydrogen) atoms. The van der Waals surface area contributed by atoms with Gasteiger partial charge in [-0.3, -0.25) is 4.79 Å². The predicted molar refractivity (Wildman–Crippen MR) is 112 cm³/mol. The van der Waals surface area contributed by atoms with E-state index in [4.69, 9.17) is 4.74 Å². The van der Waals surface area contributed by atoms with Crippen molar-refractivity contribution < 1.29 is 19.4 Å². The van der Waals surface area contributed by atoms with Crippen LogP contribution in [0.4, 0.5) is 10.5 Å². The first-order chi connectivity index (χ1) is 14.0. The molecule has 2 saturated heterocycles. The average Bonchev–Trinajstić information content (AvgIpc) is 2.71. The van der Waals surface area contributed by atoms with Gasteiger partial charge in [-0.1, -0.05) is 28.1 Å². The minimum Gasteiger partial charge on any atom is -0.497 e. The summed E-state index contributed by atoms with van der Waals surface area (Å²) in [6, 6.07) is 14.2. The second-order valence-corrected chi connectivity index (χ2v) is 8.15. The molecule has 2 heterocycles. The number of ether oxygens (including phenoxy) is 1. The van der Waals surface area contributed by atoms with Gasteiger partial charge in [-0.05, 0) is 42.0 Å². The van der Waals surface area contributed by atoms with E-state index in [1.807, 2.05) is 24.3 Å². The fraction of sp³-hybridized carbons (Fsp3) is 0.333. The van der Waals surface area contributed by atoms with Crippen molar-refractivity contribution in [1.29, 1.82) is 0 Å². The largest absolute Gasteiger partial charge is 0.497 e. The third kappa shape index (κ3) is 3.70. The quantitative estimate of drug-likeness (QED) is 0.736. The molecule has 152 valence electrons. The summed E-state index contributed by atoms with van der Waals surface area (Å²) in [5.74, 6) is 0.556. The first-order valence-electron chi connectivity index (χ1n) is 9.39. The van der Waals surface area contributed by atoms with Gasteiger partial charge >= 0.3 is 6.03 Å². The van der Waals surface area contributed by atoms with Gasteiger partial charge in [0.2, 0.25) is 5.91 Å². The summed E-state index contributed by atoms with van der Waals surface area (Å²) in [5.41, 5.74) is 1.69. The summed E-state index contributed by atoms with van der Waals surface area (Å²) in [4.78, 5) is 28.7. The zero-order chi connectivity index (χ0) is 20.5. The first-order valence-corrected chi connectivity index (χ1v) is 10.2. The Hall–Kier alpha value is -2.58. The van der Waals surface area contributed by atoms with Crippen molar-refractivity contribution in [2.24, 2.45) is 0 Å². The van der Waals surface area contributed by atoms with E-state index in [1.54, 1.807) is 36.3 Å². The molecule has 2 N–H and O–H groups in total. The van der Waals surface area contributed by atoms with Crippen LogP contribution in [0.5, 0.6) is 5.75 Å². The Morgan fingerprint density at radius 3 is 2.52 bits per heavy atom. The number of nitrogens with one attached hydrogen (secondary N) is 1. The van der Waals surface area contributed by atoms with Crippen molar-refractivity contribution in [3.8, 4) is 5.75 Å². The van der Waals surface area contributed by atoms with Crippen molar-refractivity contribution in [1.82, 2.24) is 9.80 Å². The number of benzene rings is 2. The van der Waals surface area contributed by atoms with E-state index < -0.39 is 0 Å². The molecule has 0 spiro atoms. The molecule has 2 aromatic carbocycles. The highest BCUT2D eigenvalue weighted by Gasteiger charge is 2.54. The molecule has 0 unspecified atom stereocenters. The second kappa shape index (κ2) is 8.04. The number of nitrogens with zero attached hydrogens (tertiary/aromatic N) is 2. The van der Waals surface area contributed by atoms with Crippen LogP contribution in [0.3, 0.4) is 0 Å². The summed E-state index contributed by atoms with van der Waals surface area (Å²) in [6.45, 7) is 0.327. The molecule has 4 rings (SSSR count). The number of piperazine rings is 1. The number of hydrogen-bond donors (Lipinski definition) is 2. The number of methoxy groups -OCH3 is 1. The first kappa shape index (κ1) is 19.7. The minimum atomic E-state index is -0.315. The van der Waals surface area contributed by atoms with E-state index in [-0.39, 0.29) is 43.1 Å². The van der Waals surface area contributed by atoms with Gasteiger partial charge in [-0.25, -0.2) is 4.79 Å². The molecule has 2 aliphatic heterocycles. The molecule has 7 nitrogen and oxygen atoms in total. The molecule has 8 heteroatoms. The van der Waals surface area contributed by atoms with Crippen molar-refractivity contribution in [3.63, 3.8) is 0 Å². The number of amides is 3. The molecule has 2 aromatic rings. The Labute approximate surface area is 177 Å². The zero-order valence-electron chi connectivity index (χ0n) is 15.9. The normalized spacial score (nSPS) is 23.3. The number of carbonyl (C=O) groups is 2. The number of halogens is 1. The van der Waals surface area contributed by atoms with Gasteiger partial charge < -0.3 is 25.0 Å². The van der Waals surface area contributed by atoms with E-state index >= 15 is 0 Å². The lowest BCUT2D eigenvalue weighted by molar-refractivity contribution is -0.159. The number of fused-ring (bicyclic) bond motifs is 1. The smallest absolute Gasteiger partial charge is 0.322 e. The average molecular weight is 460 g/mol. The number of hydrogen-bond acceptors (Lipinski definition) is 4. The molecular formula is C21H22BrN3O4. The van der Waals surface area contributed by atoms with E-state index in [0.29, 0.717) is 18.0 Å². The Bertz CT molecular complexity index is 903. The lowest BCUT2D eigenvalue weighted by Crippen LogP contribution is -2.73. The molecule has 0 aromatic heterocycles. The van der Waals surface area contributed by atoms with Crippen molar-refractivity contribution in [2.75, 3.05) is 32.1 Å². The van der Waals surface area contributed by atoms with Gasteiger partial charge in [-0.15, -0.1) is 0 Å². The van der Waals surface area contributed by atoms with Gasteiger partial charge in [0.25, 0.3) is 0 Å². The van der Waals surface area contributed by atoms with Gasteiger partial charge in [0.15, 0.2) is 0 Å². The Balaban J connectivity index is 1.49. The maximum atomic E-state index is 12.7. The van der Waals surface area contributed by atoms with E-state index in [9.17, 15) is 14.7 Å². The molecule has 3 atom stereocenters. The maximum Gasteiger partial charge on any atom is 0.322 e. The summed E-state index contributed by atoms with van der Waals surface area (Å²) in [6.07, 6.45) is 0. The van der Waals surface area contributed by atoms with Crippen LogP contribution in [-0.2, 0) is 4.79 Å². The third-order valence-corrected chi connectivity index (χ3v) is 6.16. The van der Waals surface area contributed by atoms with Gasteiger partial charge in [0, 0.05) is 22.6 Å². The molecule has 0 aliphatic carbocycles. The third-order valence-electron chi connectivity index (χ3n) is 5.64. The molecule has 2 fully saturated rings. The Morgan fingerprint density at radius 1 is 1.21 bits per heavy atom. The number of urea groups is 1. The van der Waals surface area contributed by atoms with E-state index in [1.165, 1.54) is 4.90 Å². The van der Waals surface area contributed by atoms with Crippen LogP contribution >= 0.6 is 15.9 Å². The lowest BCUT2D eigenvalue weighted by atomic mass is 9.74.